The Labute approximate surface area is 66.1 Å². The maximum absolute atomic E-state index is 11.1. The summed E-state index contributed by atoms with van der Waals surface area (Å²) in [6, 6.07) is 1.58. The molecular formula is C7H5N3O2. The summed E-state index contributed by atoms with van der Waals surface area (Å²) >= 11 is 0. The van der Waals surface area contributed by atoms with Gasteiger partial charge in [0.15, 0.2) is 0 Å². The number of pyridine rings is 1. The molecule has 2 heterocycles. The summed E-state index contributed by atoms with van der Waals surface area (Å²) in [7, 11) is 0. The van der Waals surface area contributed by atoms with Crippen molar-refractivity contribution < 1.29 is 0 Å². The third-order valence-electron chi connectivity index (χ3n) is 1.57. The fourth-order valence-corrected chi connectivity index (χ4v) is 1.03. The zero-order valence-electron chi connectivity index (χ0n) is 6.00. The minimum absolute atomic E-state index is 0.0694. The van der Waals surface area contributed by atoms with Crippen molar-refractivity contribution >= 4 is 10.9 Å². The maximum Gasteiger partial charge on any atom is 0.264 e. The summed E-state index contributed by atoms with van der Waals surface area (Å²) < 4.78 is 0. The molecule has 0 spiro atoms. The molecule has 0 aromatic carbocycles. The molecule has 0 fully saturated rings. The Morgan fingerprint density at radius 3 is 2.67 bits per heavy atom. The van der Waals surface area contributed by atoms with Gasteiger partial charge in [0.1, 0.15) is 5.39 Å². The minimum Gasteiger partial charge on any atom is -0.328 e. The molecule has 5 heteroatoms. The monoisotopic (exact) mass is 163 g/mol. The topological polar surface area (TPSA) is 78.6 Å². The Morgan fingerprint density at radius 1 is 1.17 bits per heavy atom. The molecular weight excluding hydrogens is 158 g/mol. The Morgan fingerprint density at radius 2 is 1.92 bits per heavy atom. The van der Waals surface area contributed by atoms with Crippen molar-refractivity contribution in [2.24, 2.45) is 0 Å². The van der Waals surface area contributed by atoms with E-state index < -0.39 is 11.1 Å². The van der Waals surface area contributed by atoms with E-state index in [0.29, 0.717) is 5.52 Å². The van der Waals surface area contributed by atoms with E-state index in [0.717, 1.165) is 0 Å². The number of hydrogen-bond acceptors (Lipinski definition) is 3. The highest BCUT2D eigenvalue weighted by Crippen LogP contribution is 1.95. The molecule has 0 aliphatic rings. The summed E-state index contributed by atoms with van der Waals surface area (Å²) in [5.41, 5.74) is -0.425. The average molecular weight is 163 g/mol. The molecule has 2 N–H and O–H groups in total. The van der Waals surface area contributed by atoms with Crippen LogP contribution in [-0.2, 0) is 0 Å². The average Bonchev–Trinajstić information content (AvgIpc) is 2.04. The lowest BCUT2D eigenvalue weighted by atomic mass is 10.3. The first kappa shape index (κ1) is 6.78. The SMILES string of the molecule is O=c1[nH]ccc2nc[nH]c(=O)c12. The van der Waals surface area contributed by atoms with Crippen molar-refractivity contribution in [3.05, 3.63) is 39.3 Å². The van der Waals surface area contributed by atoms with Gasteiger partial charge in [-0.05, 0) is 6.07 Å². The van der Waals surface area contributed by atoms with E-state index in [-0.39, 0.29) is 5.39 Å². The molecule has 2 aromatic rings. The van der Waals surface area contributed by atoms with Gasteiger partial charge >= 0.3 is 0 Å². The zero-order valence-corrected chi connectivity index (χ0v) is 6.00. The quantitative estimate of drug-likeness (QED) is 0.555. The van der Waals surface area contributed by atoms with Gasteiger partial charge in [-0.3, -0.25) is 9.59 Å². The number of nitrogens with zero attached hydrogens (tertiary/aromatic N) is 1. The summed E-state index contributed by atoms with van der Waals surface area (Å²) in [6.07, 6.45) is 2.72. The predicted molar refractivity (Wildman–Crippen MR) is 43.0 cm³/mol. The van der Waals surface area contributed by atoms with Crippen LogP contribution in [0.3, 0.4) is 0 Å². The van der Waals surface area contributed by atoms with Gasteiger partial charge in [-0.25, -0.2) is 4.98 Å². The molecule has 0 saturated carbocycles. The molecule has 0 radical (unpaired) electrons. The lowest BCUT2D eigenvalue weighted by Gasteiger charge is -1.91. The van der Waals surface area contributed by atoms with Crippen LogP contribution >= 0.6 is 0 Å². The molecule has 0 saturated heterocycles. The highest BCUT2D eigenvalue weighted by molar-refractivity contribution is 5.75. The Kier molecular flexibility index (Phi) is 1.30. The third-order valence-corrected chi connectivity index (χ3v) is 1.57. The van der Waals surface area contributed by atoms with E-state index in [1.165, 1.54) is 12.5 Å². The van der Waals surface area contributed by atoms with Crippen LogP contribution in [0.4, 0.5) is 0 Å². The first-order valence-electron chi connectivity index (χ1n) is 3.34. The molecule has 0 aliphatic carbocycles. The fourth-order valence-electron chi connectivity index (χ4n) is 1.03. The maximum atomic E-state index is 11.1. The van der Waals surface area contributed by atoms with Gasteiger partial charge in [0.25, 0.3) is 11.1 Å². The van der Waals surface area contributed by atoms with Crippen molar-refractivity contribution in [3.8, 4) is 0 Å². The number of hydrogen-bond donors (Lipinski definition) is 2. The Hall–Kier alpha value is -1.91. The minimum atomic E-state index is -0.415. The van der Waals surface area contributed by atoms with Crippen LogP contribution in [0.15, 0.2) is 28.2 Å². The van der Waals surface area contributed by atoms with E-state index in [9.17, 15) is 9.59 Å². The van der Waals surface area contributed by atoms with Gasteiger partial charge in [-0.2, -0.15) is 0 Å². The number of fused-ring (bicyclic) bond motifs is 1. The highest BCUT2D eigenvalue weighted by Gasteiger charge is 2.01. The second-order valence-corrected chi connectivity index (χ2v) is 2.30. The zero-order chi connectivity index (χ0) is 8.55. The van der Waals surface area contributed by atoms with Gasteiger partial charge < -0.3 is 9.97 Å². The molecule has 2 aromatic heterocycles. The molecule has 0 bridgehead atoms. The van der Waals surface area contributed by atoms with Crippen LogP contribution in [-0.4, -0.2) is 15.0 Å². The van der Waals surface area contributed by atoms with Crippen molar-refractivity contribution in [2.45, 2.75) is 0 Å². The van der Waals surface area contributed by atoms with Crippen LogP contribution in [0, 0.1) is 0 Å². The van der Waals surface area contributed by atoms with Crippen LogP contribution in [0.5, 0.6) is 0 Å². The van der Waals surface area contributed by atoms with Gasteiger partial charge in [0, 0.05) is 6.20 Å². The third kappa shape index (κ3) is 0.833. The van der Waals surface area contributed by atoms with Crippen LogP contribution in [0.1, 0.15) is 0 Å². The van der Waals surface area contributed by atoms with Gasteiger partial charge in [0.2, 0.25) is 0 Å². The van der Waals surface area contributed by atoms with Gasteiger partial charge in [-0.1, -0.05) is 0 Å². The molecule has 5 nitrogen and oxygen atoms in total. The lowest BCUT2D eigenvalue weighted by Crippen LogP contribution is -2.17. The predicted octanol–water partition coefficient (Wildman–Crippen LogP) is -0.389. The van der Waals surface area contributed by atoms with E-state index in [1.807, 2.05) is 0 Å². The Bertz CT molecular complexity index is 481. The first-order valence-corrected chi connectivity index (χ1v) is 3.34. The molecule has 2 rings (SSSR count). The summed E-state index contributed by atoms with van der Waals surface area (Å²) in [5.74, 6) is 0. The number of nitrogens with one attached hydrogen (secondary N) is 2. The smallest absolute Gasteiger partial charge is 0.264 e. The summed E-state index contributed by atoms with van der Waals surface area (Å²) in [5, 5.41) is 0.0694. The fraction of sp³-hybridized carbons (Fsp3) is 0. The van der Waals surface area contributed by atoms with E-state index in [2.05, 4.69) is 15.0 Å². The van der Waals surface area contributed by atoms with Crippen molar-refractivity contribution in [1.82, 2.24) is 15.0 Å². The lowest BCUT2D eigenvalue weighted by molar-refractivity contribution is 1.14. The van der Waals surface area contributed by atoms with Crippen molar-refractivity contribution in [1.29, 1.82) is 0 Å². The number of aromatic amines is 2. The van der Waals surface area contributed by atoms with E-state index >= 15 is 0 Å². The normalized spacial score (nSPS) is 10.3. The molecule has 0 unspecified atom stereocenters. The van der Waals surface area contributed by atoms with Gasteiger partial charge in [0.05, 0.1) is 11.8 Å². The summed E-state index contributed by atoms with van der Waals surface area (Å²) in [6.45, 7) is 0. The second kappa shape index (κ2) is 2.30. The number of rotatable bonds is 0. The van der Waals surface area contributed by atoms with Crippen LogP contribution < -0.4 is 11.1 Å². The summed E-state index contributed by atoms with van der Waals surface area (Å²) in [4.78, 5) is 30.7. The molecule has 0 aliphatic heterocycles. The highest BCUT2D eigenvalue weighted by atomic mass is 16.1. The largest absolute Gasteiger partial charge is 0.328 e. The molecule has 12 heavy (non-hydrogen) atoms. The standard InChI is InChI=1S/C7H5N3O2/c11-6-5-4(1-2-8-6)9-3-10-7(5)12/h1-3H,(H,8,11)(H,9,10,12). The van der Waals surface area contributed by atoms with E-state index in [1.54, 1.807) is 6.07 Å². The van der Waals surface area contributed by atoms with E-state index in [4.69, 9.17) is 0 Å². The van der Waals surface area contributed by atoms with Crippen molar-refractivity contribution in [2.75, 3.05) is 0 Å². The molecule has 0 atom stereocenters. The second-order valence-electron chi connectivity index (χ2n) is 2.30. The van der Waals surface area contributed by atoms with Crippen LogP contribution in [0.25, 0.3) is 10.9 Å². The number of aromatic nitrogens is 3. The Balaban J connectivity index is 3.18. The van der Waals surface area contributed by atoms with Crippen molar-refractivity contribution in [3.63, 3.8) is 0 Å². The molecule has 60 valence electrons. The number of H-pyrrole nitrogens is 2. The molecule has 0 amide bonds. The first-order chi connectivity index (χ1) is 5.79. The van der Waals surface area contributed by atoms with Gasteiger partial charge in [-0.15, -0.1) is 0 Å². The van der Waals surface area contributed by atoms with Crippen LogP contribution in [0.2, 0.25) is 0 Å².